The molecule has 1 amide bonds. The molecule has 0 saturated carbocycles. The van der Waals surface area contributed by atoms with Gasteiger partial charge in [0.2, 0.25) is 5.91 Å². The van der Waals surface area contributed by atoms with E-state index in [0.717, 1.165) is 4.88 Å². The molecule has 0 bridgehead atoms. The van der Waals surface area contributed by atoms with Crippen molar-refractivity contribution in [1.82, 2.24) is 5.32 Å². The van der Waals surface area contributed by atoms with E-state index in [1.165, 1.54) is 11.3 Å². The van der Waals surface area contributed by atoms with Crippen molar-refractivity contribution < 1.29 is 27.8 Å². The molecule has 0 aliphatic heterocycles. The number of rotatable bonds is 5. The molecule has 0 atom stereocenters. The Bertz CT molecular complexity index is 502. The molecule has 1 aromatic heterocycles. The topological polar surface area (TPSA) is 58.6 Å². The molecule has 4 nitrogen and oxygen atoms in total. The summed E-state index contributed by atoms with van der Waals surface area (Å²) in [6.45, 7) is -2.22. The van der Waals surface area contributed by atoms with Crippen LogP contribution in [0.3, 0.4) is 0 Å². The van der Waals surface area contributed by atoms with Gasteiger partial charge in [-0.1, -0.05) is 11.8 Å². The summed E-state index contributed by atoms with van der Waals surface area (Å²) in [5.74, 6) is 4.55. The van der Waals surface area contributed by atoms with Crippen LogP contribution in [0.15, 0.2) is 11.4 Å². The molecular weight excluding hydrogens is 295 g/mol. The first-order chi connectivity index (χ1) is 9.42. The van der Waals surface area contributed by atoms with Crippen molar-refractivity contribution in [2.24, 2.45) is 0 Å². The first-order valence-corrected chi connectivity index (χ1v) is 6.37. The maximum atomic E-state index is 11.8. The molecule has 1 aromatic rings. The Morgan fingerprint density at radius 1 is 1.50 bits per heavy atom. The van der Waals surface area contributed by atoms with Gasteiger partial charge in [0.1, 0.15) is 19.8 Å². The quantitative estimate of drug-likeness (QED) is 0.806. The fraction of sp³-hybridized carbons (Fsp3) is 0.417. The average Bonchev–Trinajstić information content (AvgIpc) is 2.79. The van der Waals surface area contributed by atoms with E-state index in [4.69, 9.17) is 5.11 Å². The molecule has 110 valence electrons. The normalized spacial score (nSPS) is 10.8. The van der Waals surface area contributed by atoms with Crippen LogP contribution in [0.2, 0.25) is 0 Å². The third kappa shape index (κ3) is 6.56. The highest BCUT2D eigenvalue weighted by atomic mass is 32.1. The summed E-state index contributed by atoms with van der Waals surface area (Å²) in [5, 5.41) is 12.8. The number of carbonyl (C=O) groups is 1. The third-order valence-electron chi connectivity index (χ3n) is 1.99. The summed E-state index contributed by atoms with van der Waals surface area (Å²) in [6.07, 6.45) is -4.44. The minimum atomic E-state index is -4.44. The van der Waals surface area contributed by atoms with E-state index in [0.29, 0.717) is 5.56 Å². The smallest absolute Gasteiger partial charge is 0.384 e. The van der Waals surface area contributed by atoms with Crippen LogP contribution in [0.5, 0.6) is 0 Å². The molecule has 8 heteroatoms. The lowest BCUT2D eigenvalue weighted by molar-refractivity contribution is -0.175. The zero-order chi connectivity index (χ0) is 15.0. The van der Waals surface area contributed by atoms with Crippen molar-refractivity contribution in [1.29, 1.82) is 0 Å². The molecule has 0 aromatic carbocycles. The second-order valence-corrected chi connectivity index (χ2v) is 4.60. The summed E-state index contributed by atoms with van der Waals surface area (Å²) in [4.78, 5) is 12.0. The zero-order valence-electron chi connectivity index (χ0n) is 10.3. The van der Waals surface area contributed by atoms with Crippen molar-refractivity contribution in [3.8, 4) is 11.8 Å². The second-order valence-electron chi connectivity index (χ2n) is 3.60. The van der Waals surface area contributed by atoms with Gasteiger partial charge >= 0.3 is 6.18 Å². The van der Waals surface area contributed by atoms with Crippen LogP contribution in [0.25, 0.3) is 0 Å². The highest BCUT2D eigenvalue weighted by Crippen LogP contribution is 2.16. The van der Waals surface area contributed by atoms with Gasteiger partial charge in [0.05, 0.1) is 6.54 Å². The Labute approximate surface area is 117 Å². The number of halogens is 3. The van der Waals surface area contributed by atoms with Crippen molar-refractivity contribution in [2.75, 3.05) is 19.8 Å². The number of thiophene rings is 1. The van der Waals surface area contributed by atoms with Gasteiger partial charge in [-0.3, -0.25) is 4.79 Å². The molecule has 20 heavy (non-hydrogen) atoms. The Kier molecular flexibility index (Phi) is 6.51. The molecule has 0 fully saturated rings. The number of nitrogens with one attached hydrogen (secondary N) is 1. The predicted molar refractivity (Wildman–Crippen MR) is 67.0 cm³/mol. The first-order valence-electron chi connectivity index (χ1n) is 5.49. The predicted octanol–water partition coefficient (Wildman–Crippen LogP) is 1.29. The van der Waals surface area contributed by atoms with Crippen molar-refractivity contribution in [3.63, 3.8) is 0 Å². The van der Waals surface area contributed by atoms with Gasteiger partial charge in [-0.25, -0.2) is 0 Å². The number of carbonyl (C=O) groups excluding carboxylic acids is 1. The Balaban J connectivity index is 2.36. The molecule has 2 N–H and O–H groups in total. The Morgan fingerprint density at radius 3 is 2.90 bits per heavy atom. The van der Waals surface area contributed by atoms with Gasteiger partial charge in [0, 0.05) is 10.4 Å². The molecule has 0 unspecified atom stereocenters. The van der Waals surface area contributed by atoms with Crippen LogP contribution >= 0.6 is 11.3 Å². The van der Waals surface area contributed by atoms with Crippen LogP contribution in [0, 0.1) is 11.8 Å². The number of alkyl halides is 3. The molecule has 0 saturated heterocycles. The maximum Gasteiger partial charge on any atom is 0.411 e. The van der Waals surface area contributed by atoms with Crippen molar-refractivity contribution in [2.45, 2.75) is 12.7 Å². The first kappa shape index (κ1) is 16.5. The summed E-state index contributed by atoms with van der Waals surface area (Å²) in [7, 11) is 0. The molecule has 0 radical (unpaired) electrons. The van der Waals surface area contributed by atoms with Gasteiger partial charge in [-0.2, -0.15) is 13.2 Å². The number of aliphatic hydroxyl groups is 1. The largest absolute Gasteiger partial charge is 0.411 e. The molecular formula is C12H12F3NO3S. The fourth-order valence-electron chi connectivity index (χ4n) is 1.21. The van der Waals surface area contributed by atoms with Crippen LogP contribution in [-0.4, -0.2) is 37.0 Å². The van der Waals surface area contributed by atoms with Crippen LogP contribution in [0.1, 0.15) is 10.4 Å². The lowest BCUT2D eigenvalue weighted by Gasteiger charge is -2.08. The molecule has 1 heterocycles. The maximum absolute atomic E-state index is 11.8. The third-order valence-corrected chi connectivity index (χ3v) is 2.91. The number of amides is 1. The van der Waals surface area contributed by atoms with Crippen molar-refractivity contribution in [3.05, 3.63) is 21.9 Å². The molecule has 0 aliphatic rings. The van der Waals surface area contributed by atoms with Gasteiger partial charge in [-0.15, -0.1) is 11.3 Å². The van der Waals surface area contributed by atoms with E-state index >= 15 is 0 Å². The minimum Gasteiger partial charge on any atom is -0.384 e. The Morgan fingerprint density at radius 2 is 2.25 bits per heavy atom. The lowest BCUT2D eigenvalue weighted by Crippen LogP contribution is -2.29. The molecule has 0 aliphatic carbocycles. The zero-order valence-corrected chi connectivity index (χ0v) is 11.1. The van der Waals surface area contributed by atoms with E-state index < -0.39 is 25.3 Å². The number of ether oxygens (including phenoxy) is 1. The summed E-state index contributed by atoms with van der Waals surface area (Å²) >= 11 is 1.35. The number of aliphatic hydroxyl groups excluding tert-OH is 1. The standard InChI is InChI=1S/C12H12F3NO3S/c13-12(14,15)8-19-7-11(18)16-6-10-9(2-1-4-17)3-5-20-10/h3,5,17H,4,6-8H2,(H,16,18). The van der Waals surface area contributed by atoms with Gasteiger partial charge < -0.3 is 15.2 Å². The van der Waals surface area contributed by atoms with Gasteiger partial charge in [0.25, 0.3) is 0 Å². The second kappa shape index (κ2) is 7.89. The molecule has 0 spiro atoms. The van der Waals surface area contributed by atoms with Crippen LogP contribution in [-0.2, 0) is 16.1 Å². The number of hydrogen-bond acceptors (Lipinski definition) is 4. The number of hydrogen-bond donors (Lipinski definition) is 2. The lowest BCUT2D eigenvalue weighted by atomic mass is 10.2. The summed E-state index contributed by atoms with van der Waals surface area (Å²) in [6, 6.07) is 1.73. The van der Waals surface area contributed by atoms with E-state index in [-0.39, 0.29) is 13.2 Å². The fourth-order valence-corrected chi connectivity index (χ4v) is 1.98. The van der Waals surface area contributed by atoms with Gasteiger partial charge in [-0.05, 0) is 11.4 Å². The van der Waals surface area contributed by atoms with Crippen molar-refractivity contribution >= 4 is 17.2 Å². The van der Waals surface area contributed by atoms with Gasteiger partial charge in [0.15, 0.2) is 0 Å². The highest BCUT2D eigenvalue weighted by Gasteiger charge is 2.27. The molecule has 1 rings (SSSR count). The highest BCUT2D eigenvalue weighted by molar-refractivity contribution is 7.10. The van der Waals surface area contributed by atoms with E-state index in [1.807, 2.05) is 0 Å². The summed E-state index contributed by atoms with van der Waals surface area (Å²) in [5.41, 5.74) is 0.667. The van der Waals surface area contributed by atoms with Crippen LogP contribution in [0.4, 0.5) is 13.2 Å². The van der Waals surface area contributed by atoms with E-state index in [9.17, 15) is 18.0 Å². The minimum absolute atomic E-state index is 0.154. The van der Waals surface area contributed by atoms with Crippen LogP contribution < -0.4 is 5.32 Å². The van der Waals surface area contributed by atoms with E-state index in [2.05, 4.69) is 21.9 Å². The Hall–Kier alpha value is -1.56. The summed E-state index contributed by atoms with van der Waals surface area (Å²) < 4.78 is 39.6. The average molecular weight is 307 g/mol. The SMILES string of the molecule is O=C(COCC(F)(F)F)NCc1sccc1C#CCO. The van der Waals surface area contributed by atoms with E-state index in [1.54, 1.807) is 11.4 Å². The monoisotopic (exact) mass is 307 g/mol.